The van der Waals surface area contributed by atoms with Crippen LogP contribution in [-0.2, 0) is 13.3 Å². The first-order chi connectivity index (χ1) is 15.8. The highest BCUT2D eigenvalue weighted by Gasteiger charge is 2.46. The number of hydrogen-bond acceptors (Lipinski definition) is 8. The van der Waals surface area contributed by atoms with Crippen molar-refractivity contribution in [3.63, 3.8) is 0 Å². The van der Waals surface area contributed by atoms with E-state index in [0.29, 0.717) is 23.2 Å². The third-order valence-corrected chi connectivity index (χ3v) is 17.1. The Morgan fingerprint density at radius 3 is 2.32 bits per heavy atom. The number of anilines is 1. The SMILES string of the molecule is CO[C@@H]1[C@H](O)[C@@H](CO[Si](C)(O[SiH](C(C)C)C(C)C)C(C)C)C[C@H]1Nc1nc(SC)nc(C)c1I. The lowest BCUT2D eigenvalue weighted by atomic mass is 10.1. The molecule has 11 heteroatoms. The minimum atomic E-state index is -2.40. The standard InChI is InChI=1S/C23H44IN3O4SSi2/c1-13(2)33(14(3)4)31-34(10,15(5)6)30-12-17-11-18(21(29-8)20(17)28)26-22-19(24)16(7)25-23(27-22)32-9/h13-15,17-18,20-21,28,33H,11-12H2,1-10H3,(H,25,26,27)/t17-,18-,20-,21+,34?/m1/s1. The van der Waals surface area contributed by atoms with Crippen LogP contribution in [-0.4, -0.2) is 70.9 Å². The lowest BCUT2D eigenvalue weighted by molar-refractivity contribution is -0.0202. The Kier molecular flexibility index (Phi) is 11.8. The Bertz CT molecular complexity index is 800. The predicted octanol–water partition coefficient (Wildman–Crippen LogP) is 5.35. The van der Waals surface area contributed by atoms with Crippen molar-refractivity contribution in [3.8, 4) is 0 Å². The van der Waals surface area contributed by atoms with E-state index in [4.69, 9.17) is 13.3 Å². The van der Waals surface area contributed by atoms with Gasteiger partial charge in [0.05, 0.1) is 21.4 Å². The van der Waals surface area contributed by atoms with Crippen LogP contribution in [0.2, 0.25) is 23.2 Å². The molecule has 5 atom stereocenters. The first kappa shape index (κ1) is 30.5. The molecule has 0 aromatic carbocycles. The molecular weight excluding hydrogens is 597 g/mol. The second-order valence-electron chi connectivity index (χ2n) is 10.4. The van der Waals surface area contributed by atoms with Gasteiger partial charge in [-0.3, -0.25) is 0 Å². The van der Waals surface area contributed by atoms with Gasteiger partial charge in [-0.2, -0.15) is 0 Å². The normalized spacial score (nSPS) is 25.1. The van der Waals surface area contributed by atoms with Crippen molar-refractivity contribution in [2.75, 3.05) is 25.3 Å². The number of rotatable bonds is 12. The number of ether oxygens (including phenoxy) is 1. The number of thioether (sulfide) groups is 1. The largest absolute Gasteiger partial charge is 0.438 e. The van der Waals surface area contributed by atoms with E-state index in [1.165, 1.54) is 11.8 Å². The second kappa shape index (κ2) is 13.2. The maximum Gasteiger partial charge on any atom is 0.327 e. The predicted molar refractivity (Wildman–Crippen MR) is 155 cm³/mol. The zero-order chi connectivity index (χ0) is 25.8. The number of halogens is 1. The number of hydrogen-bond donors (Lipinski definition) is 2. The number of nitrogens with one attached hydrogen (secondary N) is 1. The molecule has 34 heavy (non-hydrogen) atoms. The number of aromatic nitrogens is 2. The Labute approximate surface area is 227 Å². The minimum Gasteiger partial charge on any atom is -0.438 e. The van der Waals surface area contributed by atoms with E-state index in [1.54, 1.807) is 7.11 Å². The summed E-state index contributed by atoms with van der Waals surface area (Å²) in [5, 5.41) is 15.4. The highest BCUT2D eigenvalue weighted by Crippen LogP contribution is 2.36. The summed E-state index contributed by atoms with van der Waals surface area (Å²) in [6, 6.07) is -0.0625. The molecule has 1 aliphatic rings. The van der Waals surface area contributed by atoms with Crippen LogP contribution in [0.4, 0.5) is 5.82 Å². The second-order valence-corrected chi connectivity index (χ2v) is 20.3. The molecule has 196 valence electrons. The Hall–Kier alpha value is 0.234. The summed E-state index contributed by atoms with van der Waals surface area (Å²) >= 11 is 3.80. The molecule has 1 aliphatic carbocycles. The van der Waals surface area contributed by atoms with Crippen molar-refractivity contribution in [2.24, 2.45) is 5.92 Å². The monoisotopic (exact) mass is 641 g/mol. The zero-order valence-corrected chi connectivity index (χ0v) is 27.5. The molecule has 1 aromatic rings. The van der Waals surface area contributed by atoms with E-state index < -0.39 is 23.7 Å². The van der Waals surface area contributed by atoms with Crippen LogP contribution in [0.3, 0.4) is 0 Å². The smallest absolute Gasteiger partial charge is 0.327 e. The summed E-state index contributed by atoms with van der Waals surface area (Å²) < 4.78 is 20.2. The van der Waals surface area contributed by atoms with Crippen LogP contribution in [0, 0.1) is 16.4 Å². The fourth-order valence-electron chi connectivity index (χ4n) is 4.53. The van der Waals surface area contributed by atoms with Gasteiger partial charge in [-0.05, 0) is 65.4 Å². The number of nitrogens with zero attached hydrogens (tertiary/aromatic N) is 2. The van der Waals surface area contributed by atoms with Gasteiger partial charge in [0.1, 0.15) is 11.9 Å². The van der Waals surface area contributed by atoms with E-state index in [0.717, 1.165) is 26.7 Å². The van der Waals surface area contributed by atoms with E-state index >= 15 is 0 Å². The van der Waals surface area contributed by atoms with Crippen LogP contribution in [0.15, 0.2) is 5.16 Å². The number of aliphatic hydroxyl groups excluding tert-OH is 1. The molecule has 2 rings (SSSR count). The molecule has 1 unspecified atom stereocenters. The number of methoxy groups -OCH3 is 1. The average Bonchev–Trinajstić information content (AvgIpc) is 3.06. The van der Waals surface area contributed by atoms with Gasteiger partial charge < -0.3 is 23.7 Å². The summed E-state index contributed by atoms with van der Waals surface area (Å²) in [4.78, 5) is 9.18. The van der Waals surface area contributed by atoms with Crippen molar-refractivity contribution in [1.82, 2.24) is 9.97 Å². The number of aryl methyl sites for hydroxylation is 1. The van der Waals surface area contributed by atoms with Crippen molar-refractivity contribution < 1.29 is 18.4 Å². The molecule has 0 aliphatic heterocycles. The van der Waals surface area contributed by atoms with Gasteiger partial charge in [-0.15, -0.1) is 0 Å². The zero-order valence-electron chi connectivity index (χ0n) is 22.4. The maximum absolute atomic E-state index is 11.1. The maximum atomic E-state index is 11.1. The van der Waals surface area contributed by atoms with Crippen molar-refractivity contribution in [2.45, 2.75) is 101 Å². The van der Waals surface area contributed by atoms with Gasteiger partial charge >= 0.3 is 8.56 Å². The van der Waals surface area contributed by atoms with Crippen LogP contribution in [0.25, 0.3) is 0 Å². The van der Waals surface area contributed by atoms with E-state index in [9.17, 15) is 5.11 Å². The lowest BCUT2D eigenvalue weighted by Gasteiger charge is -2.38. The minimum absolute atomic E-state index is 0.0320. The summed E-state index contributed by atoms with van der Waals surface area (Å²) in [5.74, 6) is 0.765. The first-order valence-corrected chi connectivity index (χ1v) is 18.7. The third-order valence-electron chi connectivity index (χ3n) is 6.86. The highest BCUT2D eigenvalue weighted by atomic mass is 127. The summed E-state index contributed by atoms with van der Waals surface area (Å²) in [7, 11) is -2.16. The molecule has 1 fully saturated rings. The Morgan fingerprint density at radius 1 is 1.21 bits per heavy atom. The van der Waals surface area contributed by atoms with Crippen LogP contribution < -0.4 is 5.32 Å². The van der Waals surface area contributed by atoms with Crippen molar-refractivity contribution in [1.29, 1.82) is 0 Å². The van der Waals surface area contributed by atoms with Gasteiger partial charge in [0.25, 0.3) is 0 Å². The van der Waals surface area contributed by atoms with Gasteiger partial charge in [0, 0.05) is 19.6 Å². The summed E-state index contributed by atoms with van der Waals surface area (Å²) in [5.41, 5.74) is 2.39. The molecule has 7 nitrogen and oxygen atoms in total. The molecule has 0 saturated heterocycles. The van der Waals surface area contributed by atoms with Gasteiger partial charge in [-0.25, -0.2) is 9.97 Å². The first-order valence-electron chi connectivity index (χ1n) is 12.2. The van der Waals surface area contributed by atoms with Crippen molar-refractivity contribution in [3.05, 3.63) is 9.26 Å². The van der Waals surface area contributed by atoms with Crippen LogP contribution in [0.5, 0.6) is 0 Å². The Morgan fingerprint density at radius 2 is 1.82 bits per heavy atom. The molecule has 0 radical (unpaired) electrons. The lowest BCUT2D eigenvalue weighted by Crippen LogP contribution is -2.49. The van der Waals surface area contributed by atoms with Gasteiger partial charge in [0.15, 0.2) is 14.2 Å². The molecular formula is C23H44IN3O4SSi2. The Balaban J connectivity index is 2.15. The summed E-state index contributed by atoms with van der Waals surface area (Å²) in [6.45, 7) is 18.1. The van der Waals surface area contributed by atoms with E-state index in [1.807, 2.05) is 13.2 Å². The average molecular weight is 642 g/mol. The molecule has 0 bridgehead atoms. The van der Waals surface area contributed by atoms with E-state index in [-0.39, 0.29) is 18.1 Å². The molecule has 1 heterocycles. The van der Waals surface area contributed by atoms with Crippen LogP contribution >= 0.6 is 34.4 Å². The van der Waals surface area contributed by atoms with Crippen molar-refractivity contribution >= 4 is 57.8 Å². The number of aliphatic hydroxyl groups is 1. The fraction of sp³-hybridized carbons (Fsp3) is 0.826. The fourth-order valence-corrected chi connectivity index (χ4v) is 13.5. The molecule has 0 spiro atoms. The summed E-state index contributed by atoms with van der Waals surface area (Å²) in [6.07, 6.45) is 1.76. The quantitative estimate of drug-likeness (QED) is 0.137. The molecule has 0 amide bonds. The third kappa shape index (κ3) is 7.39. The van der Waals surface area contributed by atoms with Gasteiger partial charge in [-0.1, -0.05) is 53.3 Å². The molecule has 1 saturated carbocycles. The van der Waals surface area contributed by atoms with Gasteiger partial charge in [0.2, 0.25) is 0 Å². The highest BCUT2D eigenvalue weighted by molar-refractivity contribution is 14.1. The molecule has 1 aromatic heterocycles. The van der Waals surface area contributed by atoms with E-state index in [2.05, 4.69) is 86.0 Å². The van der Waals surface area contributed by atoms with Crippen LogP contribution in [0.1, 0.15) is 53.7 Å². The topological polar surface area (TPSA) is 85.7 Å². The molecule has 2 N–H and O–H groups in total.